The molecule has 0 N–H and O–H groups in total. The fourth-order valence-corrected chi connectivity index (χ4v) is 3.10. The summed E-state index contributed by atoms with van der Waals surface area (Å²) in [6, 6.07) is 15.9. The van der Waals surface area contributed by atoms with Crippen LogP contribution < -0.4 is 0 Å². The third kappa shape index (κ3) is 2.36. The van der Waals surface area contributed by atoms with Crippen molar-refractivity contribution in [2.75, 3.05) is 0 Å². The van der Waals surface area contributed by atoms with E-state index in [1.165, 1.54) is 0 Å². The Morgan fingerprint density at radius 1 is 1.12 bits per heavy atom. The van der Waals surface area contributed by atoms with Crippen molar-refractivity contribution in [3.05, 3.63) is 82.9 Å². The molecule has 0 fully saturated rings. The number of aryl methyl sites for hydroxylation is 1. The third-order valence-electron chi connectivity index (χ3n) is 4.24. The number of carbonyl (C=O) groups is 1. The van der Waals surface area contributed by atoms with Crippen LogP contribution in [0.2, 0.25) is 0 Å². The average molecular weight is 315 g/mol. The predicted octanol–water partition coefficient (Wildman–Crippen LogP) is 3.73. The molecule has 1 aromatic heterocycles. The molecule has 0 amide bonds. The van der Waals surface area contributed by atoms with E-state index in [9.17, 15) is 4.79 Å². The summed E-state index contributed by atoms with van der Waals surface area (Å²) in [4.78, 5) is 21.2. The molecular weight excluding hydrogens is 298 g/mol. The summed E-state index contributed by atoms with van der Waals surface area (Å²) in [5.74, 6) is 0.965. The molecule has 4 nitrogen and oxygen atoms in total. The highest BCUT2D eigenvalue weighted by molar-refractivity contribution is 6.16. The summed E-state index contributed by atoms with van der Waals surface area (Å²) in [7, 11) is 0. The van der Waals surface area contributed by atoms with Crippen LogP contribution in [0.15, 0.2) is 59.7 Å². The summed E-state index contributed by atoms with van der Waals surface area (Å²) < 4.78 is 2.08. The molecule has 118 valence electrons. The first-order valence-electron chi connectivity index (χ1n) is 7.94. The van der Waals surface area contributed by atoms with Gasteiger partial charge in [-0.3, -0.25) is 9.79 Å². The Morgan fingerprint density at radius 3 is 2.67 bits per heavy atom. The van der Waals surface area contributed by atoms with Crippen LogP contribution in [-0.2, 0) is 6.54 Å². The second kappa shape index (κ2) is 5.57. The molecule has 0 bridgehead atoms. The Bertz CT molecular complexity index is 968. The molecule has 0 saturated heterocycles. The number of hydrogen-bond donors (Lipinski definition) is 0. The van der Waals surface area contributed by atoms with E-state index in [0.717, 1.165) is 34.0 Å². The second-order valence-corrected chi connectivity index (χ2v) is 5.99. The molecular formula is C20H17N3O. The molecule has 4 rings (SSSR count). The van der Waals surface area contributed by atoms with Gasteiger partial charge < -0.3 is 4.57 Å². The van der Waals surface area contributed by atoms with Gasteiger partial charge in [0.1, 0.15) is 5.82 Å². The van der Waals surface area contributed by atoms with Crippen molar-refractivity contribution < 1.29 is 4.79 Å². The van der Waals surface area contributed by atoms with E-state index in [4.69, 9.17) is 4.99 Å². The van der Waals surface area contributed by atoms with Gasteiger partial charge in [-0.25, -0.2) is 4.98 Å². The standard InChI is InChI=1S/C20H17N3O/c1-13-12-23-18-9-8-16(14(2)24)10-17(18)20(21-11-19(23)22-13)15-6-4-3-5-7-15/h3-10,12H,11H2,1-2H3. The first kappa shape index (κ1) is 14.6. The summed E-state index contributed by atoms with van der Waals surface area (Å²) >= 11 is 0. The molecule has 0 saturated carbocycles. The molecule has 1 aliphatic rings. The molecule has 0 atom stereocenters. The fourth-order valence-electron chi connectivity index (χ4n) is 3.10. The molecule has 4 heteroatoms. The molecule has 1 aliphatic heterocycles. The van der Waals surface area contributed by atoms with Crippen LogP contribution in [0.5, 0.6) is 0 Å². The van der Waals surface area contributed by atoms with Crippen molar-refractivity contribution in [2.45, 2.75) is 20.4 Å². The number of imidazole rings is 1. The van der Waals surface area contributed by atoms with Crippen LogP contribution in [0.3, 0.4) is 0 Å². The monoisotopic (exact) mass is 315 g/mol. The average Bonchev–Trinajstić information content (AvgIpc) is 2.89. The lowest BCUT2D eigenvalue weighted by Crippen LogP contribution is -2.08. The van der Waals surface area contributed by atoms with E-state index in [0.29, 0.717) is 12.1 Å². The topological polar surface area (TPSA) is 47.2 Å². The molecule has 3 aromatic rings. The SMILES string of the molecule is CC(=O)c1ccc2c(c1)C(c1ccccc1)=NCc1nc(C)cn1-2. The minimum absolute atomic E-state index is 0.0523. The lowest BCUT2D eigenvalue weighted by molar-refractivity contribution is 0.101. The van der Waals surface area contributed by atoms with Crippen LogP contribution in [0, 0.1) is 6.92 Å². The number of carbonyl (C=O) groups excluding carboxylic acids is 1. The van der Waals surface area contributed by atoms with Crippen molar-refractivity contribution in [1.29, 1.82) is 0 Å². The molecule has 0 spiro atoms. The van der Waals surface area contributed by atoms with Gasteiger partial charge in [-0.1, -0.05) is 30.3 Å². The summed E-state index contributed by atoms with van der Waals surface area (Å²) in [5, 5.41) is 0. The first-order chi connectivity index (χ1) is 11.6. The zero-order valence-electron chi connectivity index (χ0n) is 13.7. The molecule has 0 unspecified atom stereocenters. The first-order valence-corrected chi connectivity index (χ1v) is 7.94. The molecule has 0 aliphatic carbocycles. The Hall–Kier alpha value is -3.01. The van der Waals surface area contributed by atoms with E-state index in [-0.39, 0.29) is 5.78 Å². The predicted molar refractivity (Wildman–Crippen MR) is 94.1 cm³/mol. The maximum absolute atomic E-state index is 11.9. The van der Waals surface area contributed by atoms with Crippen molar-refractivity contribution >= 4 is 11.5 Å². The van der Waals surface area contributed by atoms with Crippen molar-refractivity contribution in [3.8, 4) is 5.69 Å². The van der Waals surface area contributed by atoms with Crippen LogP contribution in [0.4, 0.5) is 0 Å². The van der Waals surface area contributed by atoms with Gasteiger partial charge in [0.2, 0.25) is 0 Å². The van der Waals surface area contributed by atoms with Crippen molar-refractivity contribution in [2.24, 2.45) is 4.99 Å². The highest BCUT2D eigenvalue weighted by Gasteiger charge is 2.20. The molecule has 24 heavy (non-hydrogen) atoms. The van der Waals surface area contributed by atoms with E-state index >= 15 is 0 Å². The lowest BCUT2D eigenvalue weighted by atomic mass is 9.97. The van der Waals surface area contributed by atoms with Crippen molar-refractivity contribution in [1.82, 2.24) is 9.55 Å². The minimum Gasteiger partial charge on any atom is -0.301 e. The molecule has 2 aromatic carbocycles. The van der Waals surface area contributed by atoms with Gasteiger partial charge in [0.15, 0.2) is 5.78 Å². The van der Waals surface area contributed by atoms with E-state index in [1.54, 1.807) is 6.92 Å². The number of aliphatic imine (C=N–C) groups is 1. The maximum Gasteiger partial charge on any atom is 0.159 e. The number of nitrogens with zero attached hydrogens (tertiary/aromatic N) is 3. The highest BCUT2D eigenvalue weighted by Crippen LogP contribution is 2.26. The smallest absolute Gasteiger partial charge is 0.159 e. The van der Waals surface area contributed by atoms with Gasteiger partial charge in [-0.15, -0.1) is 0 Å². The number of aromatic nitrogens is 2. The third-order valence-corrected chi connectivity index (χ3v) is 4.24. The molecule has 2 heterocycles. The lowest BCUT2D eigenvalue weighted by Gasteiger charge is -2.13. The zero-order chi connectivity index (χ0) is 16.7. The molecule has 0 radical (unpaired) electrons. The number of benzene rings is 2. The van der Waals surface area contributed by atoms with Crippen LogP contribution in [0.25, 0.3) is 5.69 Å². The normalized spacial score (nSPS) is 12.8. The van der Waals surface area contributed by atoms with E-state index in [2.05, 4.69) is 9.55 Å². The van der Waals surface area contributed by atoms with Gasteiger partial charge in [-0.2, -0.15) is 0 Å². The second-order valence-electron chi connectivity index (χ2n) is 5.99. The van der Waals surface area contributed by atoms with Crippen LogP contribution in [-0.4, -0.2) is 21.0 Å². The fraction of sp³-hybridized carbons (Fsp3) is 0.150. The Labute approximate surface area is 140 Å². The quantitative estimate of drug-likeness (QED) is 0.676. The number of hydrogen-bond acceptors (Lipinski definition) is 3. The van der Waals surface area contributed by atoms with Gasteiger partial charge >= 0.3 is 0 Å². The highest BCUT2D eigenvalue weighted by atomic mass is 16.1. The Kier molecular flexibility index (Phi) is 3.38. The number of ketones is 1. The van der Waals surface area contributed by atoms with E-state index in [1.807, 2.05) is 61.7 Å². The van der Waals surface area contributed by atoms with Gasteiger partial charge in [0, 0.05) is 22.9 Å². The minimum atomic E-state index is 0.0523. The van der Waals surface area contributed by atoms with Gasteiger partial charge in [-0.05, 0) is 32.0 Å². The van der Waals surface area contributed by atoms with Crippen LogP contribution in [0.1, 0.15) is 39.9 Å². The zero-order valence-corrected chi connectivity index (χ0v) is 13.7. The summed E-state index contributed by atoms with van der Waals surface area (Å²) in [6.07, 6.45) is 2.02. The number of Topliss-reactive ketones (excluding diaryl/α,β-unsaturated/α-hetero) is 1. The number of rotatable bonds is 2. The van der Waals surface area contributed by atoms with Crippen LogP contribution >= 0.6 is 0 Å². The largest absolute Gasteiger partial charge is 0.301 e. The maximum atomic E-state index is 11.9. The summed E-state index contributed by atoms with van der Waals surface area (Å²) in [6.45, 7) is 4.08. The number of fused-ring (bicyclic) bond motifs is 3. The van der Waals surface area contributed by atoms with Crippen molar-refractivity contribution in [3.63, 3.8) is 0 Å². The Morgan fingerprint density at radius 2 is 1.92 bits per heavy atom. The van der Waals surface area contributed by atoms with Gasteiger partial charge in [0.25, 0.3) is 0 Å². The van der Waals surface area contributed by atoms with Gasteiger partial charge in [0.05, 0.1) is 23.6 Å². The summed E-state index contributed by atoms with van der Waals surface area (Å²) in [5.41, 5.74) is 5.57. The van der Waals surface area contributed by atoms with E-state index < -0.39 is 0 Å². The Balaban J connectivity index is 2.00.